The minimum absolute atomic E-state index is 0.0333. The summed E-state index contributed by atoms with van der Waals surface area (Å²) in [4.78, 5) is 61.5. The average molecular weight is 448 g/mol. The summed E-state index contributed by atoms with van der Waals surface area (Å²) in [6, 6.07) is 6.18. The minimum Gasteiger partial charge on any atom is -0.467 e. The number of hydrogen-bond donors (Lipinski definition) is 3. The highest BCUT2D eigenvalue weighted by Gasteiger charge is 2.34. The number of esters is 1. The first-order chi connectivity index (χ1) is 15.2. The Morgan fingerprint density at radius 2 is 1.78 bits per heavy atom. The Bertz CT molecular complexity index is 844. The molecule has 1 fully saturated rings. The number of amides is 5. The smallest absolute Gasteiger partial charge is 0.408 e. The lowest BCUT2D eigenvalue weighted by Crippen LogP contribution is -2.55. The van der Waals surface area contributed by atoms with E-state index >= 15 is 0 Å². The fourth-order valence-electron chi connectivity index (χ4n) is 3.05. The molecule has 11 heteroatoms. The maximum Gasteiger partial charge on any atom is 0.408 e. The monoisotopic (exact) mass is 448 g/mol. The van der Waals surface area contributed by atoms with E-state index in [0.717, 1.165) is 17.6 Å². The number of urea groups is 1. The topological polar surface area (TPSA) is 143 Å². The third-order valence-corrected chi connectivity index (χ3v) is 4.60. The molecule has 0 radical (unpaired) electrons. The van der Waals surface area contributed by atoms with Crippen LogP contribution in [0.25, 0.3) is 0 Å². The predicted octanol–water partition coefficient (Wildman–Crippen LogP) is 0.537. The molecular weight excluding hydrogens is 420 g/mol. The van der Waals surface area contributed by atoms with Crippen molar-refractivity contribution >= 4 is 29.9 Å². The molecule has 2 atom stereocenters. The number of ether oxygens (including phenoxy) is 2. The molecule has 0 spiro atoms. The van der Waals surface area contributed by atoms with Crippen molar-refractivity contribution in [2.24, 2.45) is 5.92 Å². The summed E-state index contributed by atoms with van der Waals surface area (Å²) in [6.45, 7) is 3.28. The van der Waals surface area contributed by atoms with Crippen molar-refractivity contribution in [3.63, 3.8) is 0 Å². The molecule has 2 rings (SSSR count). The van der Waals surface area contributed by atoms with E-state index in [1.807, 2.05) is 32.0 Å². The summed E-state index contributed by atoms with van der Waals surface area (Å²) in [5.74, 6) is -1.90. The number of imide groups is 1. The van der Waals surface area contributed by atoms with Gasteiger partial charge in [-0.2, -0.15) is 0 Å². The van der Waals surface area contributed by atoms with Gasteiger partial charge in [-0.15, -0.1) is 0 Å². The van der Waals surface area contributed by atoms with Gasteiger partial charge in [0.1, 0.15) is 25.2 Å². The van der Waals surface area contributed by atoms with Gasteiger partial charge in [-0.1, -0.05) is 44.2 Å². The maximum atomic E-state index is 12.9. The van der Waals surface area contributed by atoms with Crippen molar-refractivity contribution in [3.05, 3.63) is 35.9 Å². The zero-order valence-corrected chi connectivity index (χ0v) is 18.3. The summed E-state index contributed by atoms with van der Waals surface area (Å²) in [7, 11) is 1.14. The van der Waals surface area contributed by atoms with Crippen molar-refractivity contribution < 1.29 is 33.4 Å². The molecule has 0 bridgehead atoms. The lowest BCUT2D eigenvalue weighted by molar-refractivity contribution is -0.145. The number of hydrogen-bond acceptors (Lipinski definition) is 7. The molecule has 1 aromatic rings. The number of nitrogens with zero attached hydrogens (tertiary/aromatic N) is 1. The summed E-state index contributed by atoms with van der Waals surface area (Å²) in [6.07, 6.45) is -0.503. The van der Waals surface area contributed by atoms with Crippen LogP contribution in [0.3, 0.4) is 0 Å². The van der Waals surface area contributed by atoms with E-state index in [1.54, 1.807) is 12.1 Å². The van der Waals surface area contributed by atoms with Gasteiger partial charge in [0.2, 0.25) is 11.8 Å². The molecule has 1 saturated heterocycles. The van der Waals surface area contributed by atoms with Crippen LogP contribution in [0.15, 0.2) is 30.3 Å². The van der Waals surface area contributed by atoms with Gasteiger partial charge in [0, 0.05) is 0 Å². The lowest BCUT2D eigenvalue weighted by Gasteiger charge is -2.25. The first-order valence-electron chi connectivity index (χ1n) is 10.1. The third-order valence-electron chi connectivity index (χ3n) is 4.60. The number of carbonyl (C=O) groups excluding carboxylic acids is 5. The highest BCUT2D eigenvalue weighted by Crippen LogP contribution is 2.08. The van der Waals surface area contributed by atoms with Gasteiger partial charge < -0.3 is 25.0 Å². The normalized spacial score (nSPS) is 15.1. The molecule has 174 valence electrons. The summed E-state index contributed by atoms with van der Waals surface area (Å²) >= 11 is 0. The molecule has 1 aliphatic rings. The highest BCUT2D eigenvalue weighted by molar-refractivity contribution is 6.02. The van der Waals surface area contributed by atoms with Gasteiger partial charge in [0.15, 0.2) is 0 Å². The zero-order chi connectivity index (χ0) is 23.7. The maximum absolute atomic E-state index is 12.9. The highest BCUT2D eigenvalue weighted by atomic mass is 16.5. The molecule has 1 aromatic carbocycles. The van der Waals surface area contributed by atoms with Crippen molar-refractivity contribution in [1.82, 2.24) is 20.9 Å². The third kappa shape index (κ3) is 7.56. The fourth-order valence-corrected chi connectivity index (χ4v) is 3.05. The van der Waals surface area contributed by atoms with E-state index in [0.29, 0.717) is 0 Å². The molecule has 0 aromatic heterocycles. The van der Waals surface area contributed by atoms with E-state index in [-0.39, 0.29) is 32.0 Å². The number of carbonyl (C=O) groups is 5. The predicted molar refractivity (Wildman–Crippen MR) is 112 cm³/mol. The van der Waals surface area contributed by atoms with Crippen molar-refractivity contribution in [3.8, 4) is 0 Å². The van der Waals surface area contributed by atoms with Gasteiger partial charge in [-0.25, -0.2) is 14.4 Å². The Balaban J connectivity index is 2.01. The Kier molecular flexibility index (Phi) is 8.99. The van der Waals surface area contributed by atoms with Crippen LogP contribution in [-0.4, -0.2) is 67.1 Å². The number of rotatable bonds is 10. The van der Waals surface area contributed by atoms with Crippen LogP contribution >= 0.6 is 0 Å². The largest absolute Gasteiger partial charge is 0.467 e. The molecular formula is C21H28N4O7. The zero-order valence-electron chi connectivity index (χ0n) is 18.3. The molecule has 0 saturated carbocycles. The van der Waals surface area contributed by atoms with Crippen LogP contribution < -0.4 is 16.0 Å². The fraction of sp³-hybridized carbons (Fsp3) is 0.476. The minimum atomic E-state index is -1.22. The Hall–Kier alpha value is -3.63. The van der Waals surface area contributed by atoms with Crippen LogP contribution in [0, 0.1) is 5.92 Å². The quantitative estimate of drug-likeness (QED) is 0.350. The molecule has 11 nitrogen and oxygen atoms in total. The summed E-state index contributed by atoms with van der Waals surface area (Å²) < 4.78 is 9.88. The Labute approximate surface area is 185 Å². The lowest BCUT2D eigenvalue weighted by atomic mass is 10.0. The second kappa shape index (κ2) is 11.7. The van der Waals surface area contributed by atoms with Crippen LogP contribution in [0.1, 0.15) is 25.8 Å². The van der Waals surface area contributed by atoms with E-state index in [1.165, 1.54) is 0 Å². The molecule has 1 heterocycles. The van der Waals surface area contributed by atoms with Crippen molar-refractivity contribution in [1.29, 1.82) is 0 Å². The molecule has 0 aliphatic carbocycles. The molecule has 2 unspecified atom stereocenters. The molecule has 1 aliphatic heterocycles. The summed E-state index contributed by atoms with van der Waals surface area (Å²) in [5.41, 5.74) is 0.789. The van der Waals surface area contributed by atoms with E-state index in [9.17, 15) is 24.0 Å². The SMILES string of the molecule is COC(=O)C(CN1CC(=O)NC1=O)NC(=O)C(CC(C)C)NC(=O)OCc1ccccc1. The van der Waals surface area contributed by atoms with Crippen LogP contribution in [0.5, 0.6) is 0 Å². The van der Waals surface area contributed by atoms with Crippen LogP contribution in [0.2, 0.25) is 0 Å². The molecule has 3 N–H and O–H groups in total. The second-order valence-electron chi connectivity index (χ2n) is 7.71. The van der Waals surface area contributed by atoms with Crippen molar-refractivity contribution in [2.45, 2.75) is 39.0 Å². The first kappa shape index (κ1) is 24.6. The van der Waals surface area contributed by atoms with Crippen molar-refractivity contribution in [2.75, 3.05) is 20.2 Å². The average Bonchev–Trinajstić information content (AvgIpc) is 3.07. The molecule has 5 amide bonds. The number of alkyl carbamates (subject to hydrolysis) is 1. The van der Waals surface area contributed by atoms with Gasteiger partial charge in [-0.05, 0) is 17.9 Å². The second-order valence-corrected chi connectivity index (χ2v) is 7.71. The number of methoxy groups -OCH3 is 1. The molecule has 32 heavy (non-hydrogen) atoms. The van der Waals surface area contributed by atoms with Gasteiger partial charge >= 0.3 is 18.1 Å². The van der Waals surface area contributed by atoms with Crippen LogP contribution in [-0.2, 0) is 30.5 Å². The van der Waals surface area contributed by atoms with Gasteiger partial charge in [0.25, 0.3) is 0 Å². The van der Waals surface area contributed by atoms with E-state index in [4.69, 9.17) is 9.47 Å². The van der Waals surface area contributed by atoms with E-state index in [2.05, 4.69) is 16.0 Å². The van der Waals surface area contributed by atoms with Crippen LogP contribution in [0.4, 0.5) is 9.59 Å². The Morgan fingerprint density at radius 1 is 1.09 bits per heavy atom. The number of nitrogens with one attached hydrogen (secondary N) is 3. The summed E-state index contributed by atoms with van der Waals surface area (Å²) in [5, 5.41) is 7.11. The number of benzene rings is 1. The Morgan fingerprint density at radius 3 is 2.34 bits per heavy atom. The van der Waals surface area contributed by atoms with Gasteiger partial charge in [-0.3, -0.25) is 14.9 Å². The van der Waals surface area contributed by atoms with E-state index < -0.39 is 42.0 Å². The standard InChI is InChI=1S/C21H28N4O7/c1-13(2)9-15(23-21(30)32-12-14-7-5-4-6-8-14)18(27)22-16(19(28)31-3)10-25-11-17(26)24-20(25)29/h4-8,13,15-16H,9-12H2,1-3H3,(H,22,27)(H,23,30)(H,24,26,29). The first-order valence-corrected chi connectivity index (χ1v) is 10.1. The van der Waals surface area contributed by atoms with Gasteiger partial charge in [0.05, 0.1) is 13.7 Å².